The monoisotopic (exact) mass is 222 g/mol. The normalized spacial score (nSPS) is 34.3. The molecule has 0 amide bonds. The number of fused-ring (bicyclic) bond motifs is 2. The molecule has 2 unspecified atom stereocenters. The second kappa shape index (κ2) is 3.76. The van der Waals surface area contributed by atoms with Gasteiger partial charge in [0.05, 0.1) is 0 Å². The predicted molar refractivity (Wildman–Crippen MR) is 61.2 cm³/mol. The number of pyridine rings is 1. The summed E-state index contributed by atoms with van der Waals surface area (Å²) in [5, 5.41) is 4.28. The number of halogens is 1. The Balaban J connectivity index is 1.84. The average Bonchev–Trinajstić information content (AvgIpc) is 2.63. The van der Waals surface area contributed by atoms with Crippen molar-refractivity contribution in [2.24, 2.45) is 0 Å². The minimum absolute atomic E-state index is 0.590. The molecule has 0 aliphatic carbocycles. The fraction of sp³-hybridized carbons (Fsp3) is 0.583. The third kappa shape index (κ3) is 1.77. The van der Waals surface area contributed by atoms with Gasteiger partial charge in [-0.05, 0) is 37.3 Å². The van der Waals surface area contributed by atoms with Crippen LogP contribution >= 0.6 is 11.6 Å². The van der Waals surface area contributed by atoms with Crippen LogP contribution in [-0.4, -0.2) is 17.1 Å². The molecule has 0 saturated carbocycles. The van der Waals surface area contributed by atoms with Crippen molar-refractivity contribution < 1.29 is 0 Å². The Morgan fingerprint density at radius 1 is 1.20 bits per heavy atom. The summed E-state index contributed by atoms with van der Waals surface area (Å²) in [6.45, 7) is 0. The van der Waals surface area contributed by atoms with Crippen molar-refractivity contribution in [2.45, 2.75) is 43.7 Å². The number of nitrogens with zero attached hydrogens (tertiary/aromatic N) is 1. The molecule has 0 aromatic carbocycles. The lowest BCUT2D eigenvalue weighted by molar-refractivity contribution is 0.358. The van der Waals surface area contributed by atoms with E-state index in [0.717, 1.165) is 6.04 Å². The van der Waals surface area contributed by atoms with E-state index in [1.807, 2.05) is 12.3 Å². The van der Waals surface area contributed by atoms with Crippen LogP contribution in [0.2, 0.25) is 5.15 Å². The molecule has 2 nitrogen and oxygen atoms in total. The van der Waals surface area contributed by atoms with Crippen LogP contribution in [0.1, 0.15) is 37.2 Å². The smallest absolute Gasteiger partial charge is 0.129 e. The van der Waals surface area contributed by atoms with E-state index in [4.69, 9.17) is 11.6 Å². The summed E-state index contributed by atoms with van der Waals surface area (Å²) < 4.78 is 0. The quantitative estimate of drug-likeness (QED) is 0.740. The molecule has 0 spiro atoms. The summed E-state index contributed by atoms with van der Waals surface area (Å²) in [6, 6.07) is 5.48. The van der Waals surface area contributed by atoms with Gasteiger partial charge in [0.15, 0.2) is 0 Å². The molecule has 80 valence electrons. The second-order valence-electron chi connectivity index (χ2n) is 4.65. The molecule has 3 atom stereocenters. The van der Waals surface area contributed by atoms with Crippen molar-refractivity contribution in [2.75, 3.05) is 0 Å². The first kappa shape index (κ1) is 9.61. The van der Waals surface area contributed by atoms with Crippen LogP contribution in [-0.2, 0) is 0 Å². The Labute approximate surface area is 95.0 Å². The molecule has 1 N–H and O–H groups in total. The van der Waals surface area contributed by atoms with Crippen LogP contribution in [0, 0.1) is 0 Å². The van der Waals surface area contributed by atoms with Gasteiger partial charge in [0.2, 0.25) is 0 Å². The van der Waals surface area contributed by atoms with E-state index in [0.29, 0.717) is 17.1 Å². The van der Waals surface area contributed by atoms with Crippen LogP contribution < -0.4 is 5.32 Å². The van der Waals surface area contributed by atoms with E-state index < -0.39 is 0 Å². The Morgan fingerprint density at radius 3 is 2.87 bits per heavy atom. The van der Waals surface area contributed by atoms with E-state index in [1.165, 1.54) is 31.2 Å². The Kier molecular flexibility index (Phi) is 2.41. The lowest BCUT2D eigenvalue weighted by Gasteiger charge is -2.30. The van der Waals surface area contributed by atoms with Gasteiger partial charge in [0, 0.05) is 24.2 Å². The standard InChI is InChI=1S/C12H15ClN2/c13-12-6-1-8(7-14-12)10-4-2-9-3-5-11(10)15-9/h1,6-7,9-11,15H,2-5H2/t9?,10-,11?/m1/s1. The minimum atomic E-state index is 0.590. The number of aromatic nitrogens is 1. The van der Waals surface area contributed by atoms with Gasteiger partial charge in [0.1, 0.15) is 5.15 Å². The molecule has 2 bridgehead atoms. The minimum Gasteiger partial charge on any atom is -0.311 e. The van der Waals surface area contributed by atoms with Crippen molar-refractivity contribution in [3.05, 3.63) is 29.0 Å². The van der Waals surface area contributed by atoms with Crippen LogP contribution in [0.15, 0.2) is 18.3 Å². The maximum absolute atomic E-state index is 5.80. The molecule has 2 aliphatic heterocycles. The maximum atomic E-state index is 5.80. The van der Waals surface area contributed by atoms with Crippen molar-refractivity contribution in [3.8, 4) is 0 Å². The highest BCUT2D eigenvalue weighted by Crippen LogP contribution is 2.37. The maximum Gasteiger partial charge on any atom is 0.129 e. The third-order valence-electron chi connectivity index (χ3n) is 3.77. The summed E-state index contributed by atoms with van der Waals surface area (Å²) in [5.74, 6) is 0.647. The van der Waals surface area contributed by atoms with Gasteiger partial charge in [0.25, 0.3) is 0 Å². The molecule has 15 heavy (non-hydrogen) atoms. The molecule has 3 heterocycles. The van der Waals surface area contributed by atoms with Crippen LogP contribution in [0.25, 0.3) is 0 Å². The summed E-state index contributed by atoms with van der Waals surface area (Å²) in [7, 11) is 0. The van der Waals surface area contributed by atoms with E-state index in [9.17, 15) is 0 Å². The summed E-state index contributed by atoms with van der Waals surface area (Å²) in [4.78, 5) is 4.17. The van der Waals surface area contributed by atoms with Gasteiger partial charge in [-0.3, -0.25) is 0 Å². The highest BCUT2D eigenvalue weighted by atomic mass is 35.5. The third-order valence-corrected chi connectivity index (χ3v) is 3.99. The van der Waals surface area contributed by atoms with Crippen molar-refractivity contribution in [3.63, 3.8) is 0 Å². The zero-order valence-corrected chi connectivity index (χ0v) is 9.37. The molecular formula is C12H15ClN2. The van der Waals surface area contributed by atoms with E-state index in [1.54, 1.807) is 0 Å². The molecular weight excluding hydrogens is 208 g/mol. The number of piperidine rings is 1. The fourth-order valence-electron chi connectivity index (χ4n) is 2.98. The lowest BCUT2D eigenvalue weighted by Crippen LogP contribution is -2.39. The van der Waals surface area contributed by atoms with Gasteiger partial charge < -0.3 is 5.32 Å². The largest absolute Gasteiger partial charge is 0.311 e. The topological polar surface area (TPSA) is 24.9 Å². The summed E-state index contributed by atoms with van der Waals surface area (Å²) in [6.07, 6.45) is 7.21. The first-order chi connectivity index (χ1) is 7.33. The zero-order chi connectivity index (χ0) is 10.3. The summed E-state index contributed by atoms with van der Waals surface area (Å²) >= 11 is 5.80. The molecule has 2 fully saturated rings. The lowest BCUT2D eigenvalue weighted by atomic mass is 9.86. The highest BCUT2D eigenvalue weighted by Gasteiger charge is 2.35. The van der Waals surface area contributed by atoms with E-state index >= 15 is 0 Å². The molecule has 1 aromatic heterocycles. The van der Waals surface area contributed by atoms with Gasteiger partial charge in [-0.15, -0.1) is 0 Å². The highest BCUT2D eigenvalue weighted by molar-refractivity contribution is 6.29. The Hall–Kier alpha value is -0.600. The first-order valence-electron chi connectivity index (χ1n) is 5.70. The molecule has 3 rings (SSSR count). The van der Waals surface area contributed by atoms with Gasteiger partial charge in [-0.1, -0.05) is 17.7 Å². The predicted octanol–water partition coefficient (Wildman–Crippen LogP) is 2.73. The van der Waals surface area contributed by atoms with Gasteiger partial charge >= 0.3 is 0 Å². The van der Waals surface area contributed by atoms with Crippen LogP contribution in [0.5, 0.6) is 0 Å². The van der Waals surface area contributed by atoms with Crippen molar-refractivity contribution >= 4 is 11.6 Å². The molecule has 1 aromatic rings. The summed E-state index contributed by atoms with van der Waals surface area (Å²) in [5.41, 5.74) is 1.34. The first-order valence-corrected chi connectivity index (χ1v) is 6.08. The second-order valence-corrected chi connectivity index (χ2v) is 5.03. The Morgan fingerprint density at radius 2 is 2.07 bits per heavy atom. The number of nitrogens with one attached hydrogen (secondary N) is 1. The van der Waals surface area contributed by atoms with Crippen LogP contribution in [0.4, 0.5) is 0 Å². The average molecular weight is 223 g/mol. The number of rotatable bonds is 1. The molecule has 0 radical (unpaired) electrons. The van der Waals surface area contributed by atoms with Gasteiger partial charge in [-0.25, -0.2) is 4.98 Å². The number of hydrogen-bond donors (Lipinski definition) is 1. The molecule has 2 aliphatic rings. The molecule has 2 saturated heterocycles. The van der Waals surface area contributed by atoms with Crippen LogP contribution in [0.3, 0.4) is 0 Å². The van der Waals surface area contributed by atoms with E-state index in [-0.39, 0.29) is 0 Å². The molecule has 3 heteroatoms. The van der Waals surface area contributed by atoms with Crippen molar-refractivity contribution in [1.29, 1.82) is 0 Å². The van der Waals surface area contributed by atoms with Crippen molar-refractivity contribution in [1.82, 2.24) is 10.3 Å². The van der Waals surface area contributed by atoms with Gasteiger partial charge in [-0.2, -0.15) is 0 Å². The number of hydrogen-bond acceptors (Lipinski definition) is 2. The fourth-order valence-corrected chi connectivity index (χ4v) is 3.09. The van der Waals surface area contributed by atoms with E-state index in [2.05, 4.69) is 16.4 Å². The SMILES string of the molecule is Clc1ccc([C@H]2CCC3CCC2N3)cn1. The zero-order valence-electron chi connectivity index (χ0n) is 8.62. The Bertz CT molecular complexity index is 349.